The predicted molar refractivity (Wildman–Crippen MR) is 30.7 cm³/mol. The van der Waals surface area contributed by atoms with Crippen LogP contribution in [0.5, 0.6) is 0 Å². The van der Waals surface area contributed by atoms with E-state index in [1.54, 1.807) is 0 Å². The quantitative estimate of drug-likeness (QED) is 0.368. The van der Waals surface area contributed by atoms with Crippen molar-refractivity contribution in [3.05, 3.63) is 0 Å². The van der Waals surface area contributed by atoms with E-state index in [1.165, 1.54) is 0 Å². The molecular formula is C3H3BF6P. The zero-order valence-electron chi connectivity index (χ0n) is 5.02. The Hall–Kier alpha value is 0.0749. The van der Waals surface area contributed by atoms with E-state index >= 15 is 0 Å². The highest BCUT2D eigenvalue weighted by Gasteiger charge is 2.37. The first kappa shape index (κ1) is 13.7. The fourth-order valence-electron chi connectivity index (χ4n) is 0.256. The Bertz CT molecular complexity index is 78.8. The topological polar surface area (TPSA) is 0 Å². The van der Waals surface area contributed by atoms with Crippen LogP contribution in [-0.4, -0.2) is 26.9 Å². The fraction of sp³-hybridized carbons (Fsp3) is 1.00. The van der Waals surface area contributed by atoms with Gasteiger partial charge in [-0.05, 0) is 0 Å². The second-order valence-electron chi connectivity index (χ2n) is 1.28. The fourth-order valence-corrected chi connectivity index (χ4v) is 0.767. The number of halogens is 6. The molecular weight excluding hydrogens is 192 g/mol. The van der Waals surface area contributed by atoms with Crippen LogP contribution in [0.1, 0.15) is 0 Å². The van der Waals surface area contributed by atoms with Crippen molar-refractivity contribution < 1.29 is 26.3 Å². The Labute approximate surface area is 62.3 Å². The van der Waals surface area contributed by atoms with E-state index < -0.39 is 26.4 Å². The van der Waals surface area contributed by atoms with Gasteiger partial charge in [-0.25, -0.2) is 26.3 Å². The van der Waals surface area contributed by atoms with E-state index in [0.29, 0.717) is 0 Å². The zero-order valence-corrected chi connectivity index (χ0v) is 5.92. The van der Waals surface area contributed by atoms with E-state index in [0.717, 1.165) is 0 Å². The third-order valence-corrected chi connectivity index (χ3v) is 2.03. The van der Waals surface area contributed by atoms with E-state index in [-0.39, 0.29) is 8.41 Å². The highest BCUT2D eigenvalue weighted by atomic mass is 31.1. The van der Waals surface area contributed by atoms with Gasteiger partial charge in [-0.1, -0.05) is 0 Å². The standard InChI is InChI=1S/C3H3F6P.B/c4-1(5)10(2(6)7)3(8)9;/h1-3H;. The maximum Gasteiger partial charge on any atom is 0.266 e. The van der Waals surface area contributed by atoms with Crippen LogP contribution in [0.2, 0.25) is 0 Å². The monoisotopic (exact) mass is 195 g/mol. The minimum absolute atomic E-state index is 0. The predicted octanol–water partition coefficient (Wildman–Crippen LogP) is 2.76. The molecule has 0 fully saturated rings. The highest BCUT2D eigenvalue weighted by molar-refractivity contribution is 7.58. The SMILES string of the molecule is FC(F)P(C(F)F)C(F)F.[B]. The second kappa shape index (κ2) is 5.69. The summed E-state index contributed by atoms with van der Waals surface area (Å²) in [5.74, 6) is 0. The van der Waals surface area contributed by atoms with Crippen molar-refractivity contribution in [1.82, 2.24) is 0 Å². The van der Waals surface area contributed by atoms with E-state index in [4.69, 9.17) is 0 Å². The lowest BCUT2D eigenvalue weighted by Crippen LogP contribution is -2.05. The molecule has 0 nitrogen and oxygen atoms in total. The molecule has 0 rings (SSSR count). The summed E-state index contributed by atoms with van der Waals surface area (Å²) in [4.78, 5) is 0. The third kappa shape index (κ3) is 4.51. The Morgan fingerprint density at radius 2 is 0.818 bits per heavy atom. The molecule has 65 valence electrons. The first-order valence-corrected chi connectivity index (χ1v) is 3.63. The number of rotatable bonds is 3. The summed E-state index contributed by atoms with van der Waals surface area (Å²) in [6.07, 6.45) is -10.8. The van der Waals surface area contributed by atoms with Crippen LogP contribution in [0.25, 0.3) is 0 Å². The lowest BCUT2D eigenvalue weighted by molar-refractivity contribution is 0.167. The summed E-state index contributed by atoms with van der Waals surface area (Å²) in [6.45, 7) is 0. The van der Waals surface area contributed by atoms with Crippen molar-refractivity contribution >= 4 is 16.3 Å². The normalized spacial score (nSPS) is 11.5. The molecule has 0 spiro atoms. The smallest absolute Gasteiger partial charge is 0.205 e. The van der Waals surface area contributed by atoms with Crippen molar-refractivity contribution in [3.63, 3.8) is 0 Å². The molecule has 3 radical (unpaired) electrons. The van der Waals surface area contributed by atoms with Gasteiger partial charge in [0.25, 0.3) is 18.5 Å². The van der Waals surface area contributed by atoms with Gasteiger partial charge in [0.05, 0.1) is 0 Å². The van der Waals surface area contributed by atoms with Gasteiger partial charge in [-0.15, -0.1) is 0 Å². The number of hydrogen-bond acceptors (Lipinski definition) is 0. The van der Waals surface area contributed by atoms with Gasteiger partial charge in [0.2, 0.25) is 0 Å². The molecule has 0 aromatic heterocycles. The van der Waals surface area contributed by atoms with Crippen LogP contribution < -0.4 is 0 Å². The molecule has 0 atom stereocenters. The van der Waals surface area contributed by atoms with Gasteiger partial charge in [0, 0.05) is 8.41 Å². The van der Waals surface area contributed by atoms with Crippen LogP contribution in [0.4, 0.5) is 26.3 Å². The lowest BCUT2D eigenvalue weighted by Gasteiger charge is -2.12. The first-order chi connectivity index (χ1) is 4.46. The van der Waals surface area contributed by atoms with Crippen molar-refractivity contribution in [3.8, 4) is 0 Å². The molecule has 0 amide bonds. The molecule has 0 bridgehead atoms. The highest BCUT2D eigenvalue weighted by Crippen LogP contribution is 2.54. The Balaban J connectivity index is 0. The minimum atomic E-state index is -3.74. The molecule has 0 N–H and O–H groups in total. The minimum Gasteiger partial charge on any atom is -0.205 e. The van der Waals surface area contributed by atoms with E-state index in [1.807, 2.05) is 0 Å². The maximum atomic E-state index is 11.3. The van der Waals surface area contributed by atoms with Gasteiger partial charge < -0.3 is 0 Å². The summed E-state index contributed by atoms with van der Waals surface area (Å²) in [5, 5.41) is 0. The lowest BCUT2D eigenvalue weighted by atomic mass is 10.8. The maximum absolute atomic E-state index is 11.3. The van der Waals surface area contributed by atoms with Crippen molar-refractivity contribution in [2.75, 3.05) is 0 Å². The molecule has 0 aromatic carbocycles. The van der Waals surface area contributed by atoms with E-state index in [2.05, 4.69) is 0 Å². The summed E-state index contributed by atoms with van der Waals surface area (Å²) in [5.41, 5.74) is 0. The summed E-state index contributed by atoms with van der Waals surface area (Å²) >= 11 is 0. The van der Waals surface area contributed by atoms with Gasteiger partial charge in [0.1, 0.15) is 7.92 Å². The molecule has 0 aliphatic heterocycles. The molecule has 0 aliphatic carbocycles. The van der Waals surface area contributed by atoms with Gasteiger partial charge >= 0.3 is 0 Å². The van der Waals surface area contributed by atoms with Crippen molar-refractivity contribution in [2.24, 2.45) is 0 Å². The van der Waals surface area contributed by atoms with Crippen LogP contribution in [0.3, 0.4) is 0 Å². The Kier molecular flexibility index (Phi) is 7.06. The molecule has 0 saturated carbocycles. The Morgan fingerprint density at radius 3 is 0.818 bits per heavy atom. The van der Waals surface area contributed by atoms with Gasteiger partial charge in [0.15, 0.2) is 0 Å². The molecule has 11 heavy (non-hydrogen) atoms. The molecule has 0 saturated heterocycles. The average Bonchev–Trinajstić information content (AvgIpc) is 1.59. The van der Waals surface area contributed by atoms with Crippen molar-refractivity contribution in [1.29, 1.82) is 0 Å². The van der Waals surface area contributed by atoms with Crippen LogP contribution in [0, 0.1) is 0 Å². The zero-order chi connectivity index (χ0) is 8.31. The first-order valence-electron chi connectivity index (χ1n) is 2.08. The second-order valence-corrected chi connectivity index (χ2v) is 3.35. The van der Waals surface area contributed by atoms with Crippen LogP contribution in [-0.2, 0) is 0 Å². The van der Waals surface area contributed by atoms with Crippen LogP contribution >= 0.6 is 7.92 Å². The van der Waals surface area contributed by atoms with Crippen LogP contribution in [0.15, 0.2) is 0 Å². The third-order valence-electron chi connectivity index (χ3n) is 0.676. The summed E-state index contributed by atoms with van der Waals surface area (Å²) < 4.78 is 67.6. The molecule has 0 unspecified atom stereocenters. The largest absolute Gasteiger partial charge is 0.266 e. The average molecular weight is 195 g/mol. The van der Waals surface area contributed by atoms with Gasteiger partial charge in [-0.2, -0.15) is 0 Å². The number of alkyl halides is 6. The molecule has 0 aromatic rings. The Morgan fingerprint density at radius 1 is 0.636 bits per heavy atom. The summed E-state index contributed by atoms with van der Waals surface area (Å²) in [7, 11) is -3.74. The van der Waals surface area contributed by atoms with Crippen molar-refractivity contribution in [2.45, 2.75) is 18.5 Å². The molecule has 0 heterocycles. The molecule has 0 aliphatic rings. The van der Waals surface area contributed by atoms with Gasteiger partial charge in [-0.3, -0.25) is 0 Å². The van der Waals surface area contributed by atoms with E-state index in [9.17, 15) is 26.3 Å². The molecule has 8 heteroatoms. The summed E-state index contributed by atoms with van der Waals surface area (Å²) in [6, 6.07) is 0. The number of hydrogen-bond donors (Lipinski definition) is 0.